The summed E-state index contributed by atoms with van der Waals surface area (Å²) in [5.74, 6) is 0. The topological polar surface area (TPSA) is 87.2 Å². The van der Waals surface area contributed by atoms with E-state index in [2.05, 4.69) is 0 Å². The first-order valence-corrected chi connectivity index (χ1v) is 3.15. The number of hydrogen-bond acceptors (Lipinski definition) is 5. The SMILES string of the molecule is OCN1C=[N+](CO)C(O)C1O. The van der Waals surface area contributed by atoms with Crippen LogP contribution >= 0.6 is 0 Å². The molecule has 64 valence electrons. The molecule has 0 spiro atoms. The molecule has 1 rings (SSSR count). The van der Waals surface area contributed by atoms with E-state index >= 15 is 0 Å². The van der Waals surface area contributed by atoms with Crippen LogP contribution in [0.3, 0.4) is 0 Å². The van der Waals surface area contributed by atoms with Gasteiger partial charge in [-0.1, -0.05) is 0 Å². The fraction of sp³-hybridized carbons (Fsp3) is 0.800. The van der Waals surface area contributed by atoms with E-state index in [9.17, 15) is 0 Å². The number of nitrogens with zero attached hydrogens (tertiary/aromatic N) is 2. The van der Waals surface area contributed by atoms with Gasteiger partial charge in [0, 0.05) is 0 Å². The Morgan fingerprint density at radius 1 is 1.36 bits per heavy atom. The second kappa shape index (κ2) is 3.14. The first-order valence-electron chi connectivity index (χ1n) is 3.15. The Bertz CT molecular complexity index is 172. The van der Waals surface area contributed by atoms with Crippen molar-refractivity contribution in [2.45, 2.75) is 12.5 Å². The van der Waals surface area contributed by atoms with E-state index in [0.29, 0.717) is 0 Å². The molecule has 1 aliphatic rings. The third kappa shape index (κ3) is 1.33. The van der Waals surface area contributed by atoms with E-state index in [1.165, 1.54) is 6.34 Å². The van der Waals surface area contributed by atoms with Gasteiger partial charge in [-0.15, -0.1) is 0 Å². The maximum absolute atomic E-state index is 9.09. The van der Waals surface area contributed by atoms with Gasteiger partial charge >= 0.3 is 0 Å². The summed E-state index contributed by atoms with van der Waals surface area (Å²) in [6.45, 7) is -0.788. The molecule has 11 heavy (non-hydrogen) atoms. The summed E-state index contributed by atoms with van der Waals surface area (Å²) >= 11 is 0. The molecule has 0 amide bonds. The summed E-state index contributed by atoms with van der Waals surface area (Å²) < 4.78 is 1.10. The van der Waals surface area contributed by atoms with Crippen molar-refractivity contribution in [3.8, 4) is 0 Å². The molecular weight excluding hydrogens is 152 g/mol. The molecule has 2 atom stereocenters. The first kappa shape index (κ1) is 8.41. The van der Waals surface area contributed by atoms with Crippen LogP contribution in [0.2, 0.25) is 0 Å². The van der Waals surface area contributed by atoms with E-state index in [4.69, 9.17) is 20.4 Å². The highest BCUT2D eigenvalue weighted by Crippen LogP contribution is 2.06. The van der Waals surface area contributed by atoms with Crippen LogP contribution in [0.15, 0.2) is 0 Å². The minimum absolute atomic E-state index is 0.394. The van der Waals surface area contributed by atoms with Crippen molar-refractivity contribution >= 4 is 6.34 Å². The Morgan fingerprint density at radius 2 is 2.00 bits per heavy atom. The van der Waals surface area contributed by atoms with E-state index in [1.807, 2.05) is 0 Å². The third-order valence-corrected chi connectivity index (χ3v) is 1.57. The minimum Gasteiger partial charge on any atom is -0.358 e. The molecule has 0 aromatic rings. The lowest BCUT2D eigenvalue weighted by Crippen LogP contribution is -2.38. The van der Waals surface area contributed by atoms with Gasteiger partial charge in [0.15, 0.2) is 13.5 Å². The molecule has 0 aromatic carbocycles. The number of aliphatic hydroxyl groups is 4. The second-order valence-electron chi connectivity index (χ2n) is 2.25. The lowest BCUT2D eigenvalue weighted by atomic mass is 10.5. The van der Waals surface area contributed by atoms with Crippen molar-refractivity contribution in [3.63, 3.8) is 0 Å². The lowest BCUT2D eigenvalue weighted by Gasteiger charge is -2.10. The van der Waals surface area contributed by atoms with Gasteiger partial charge in [0.1, 0.15) is 0 Å². The summed E-state index contributed by atoms with van der Waals surface area (Å²) in [4.78, 5) is 1.10. The van der Waals surface area contributed by atoms with Crippen LogP contribution < -0.4 is 0 Å². The Hall–Kier alpha value is -0.690. The Morgan fingerprint density at radius 3 is 2.27 bits per heavy atom. The van der Waals surface area contributed by atoms with Crippen molar-refractivity contribution < 1.29 is 25.0 Å². The zero-order valence-corrected chi connectivity index (χ0v) is 5.83. The van der Waals surface area contributed by atoms with Crippen LogP contribution in [0.5, 0.6) is 0 Å². The fourth-order valence-electron chi connectivity index (χ4n) is 0.910. The average Bonchev–Trinajstić information content (AvgIpc) is 2.30. The van der Waals surface area contributed by atoms with Crippen LogP contribution in [0, 0.1) is 0 Å². The molecule has 6 nitrogen and oxygen atoms in total. The van der Waals surface area contributed by atoms with Crippen molar-refractivity contribution in [2.24, 2.45) is 0 Å². The largest absolute Gasteiger partial charge is 0.358 e. The van der Waals surface area contributed by atoms with Gasteiger partial charge in [0.25, 0.3) is 12.5 Å². The third-order valence-electron chi connectivity index (χ3n) is 1.57. The summed E-state index contributed by atoms with van der Waals surface area (Å²) in [7, 11) is 0. The van der Waals surface area contributed by atoms with Gasteiger partial charge in [-0.2, -0.15) is 0 Å². The van der Waals surface area contributed by atoms with Crippen molar-refractivity contribution in [1.29, 1.82) is 0 Å². The molecule has 0 aromatic heterocycles. The van der Waals surface area contributed by atoms with Crippen LogP contribution in [-0.4, -0.2) is 62.2 Å². The van der Waals surface area contributed by atoms with E-state index in [1.54, 1.807) is 0 Å². The molecular formula is C5H11N2O4+. The molecule has 1 heterocycles. The average molecular weight is 163 g/mol. The molecule has 0 fully saturated rings. The highest BCUT2D eigenvalue weighted by Gasteiger charge is 2.38. The van der Waals surface area contributed by atoms with Crippen molar-refractivity contribution in [3.05, 3.63) is 0 Å². The molecule has 2 unspecified atom stereocenters. The van der Waals surface area contributed by atoms with Gasteiger partial charge in [0.2, 0.25) is 6.34 Å². The van der Waals surface area contributed by atoms with Gasteiger partial charge in [-0.25, -0.2) is 9.48 Å². The monoisotopic (exact) mass is 163 g/mol. The lowest BCUT2D eigenvalue weighted by molar-refractivity contribution is -0.632. The summed E-state index contributed by atoms with van der Waals surface area (Å²) in [6.07, 6.45) is -1.09. The maximum atomic E-state index is 9.09. The van der Waals surface area contributed by atoms with Gasteiger partial charge in [-0.3, -0.25) is 0 Å². The van der Waals surface area contributed by atoms with E-state index < -0.39 is 25.9 Å². The molecule has 0 bridgehead atoms. The summed E-state index contributed by atoms with van der Waals surface area (Å²) in [6, 6.07) is 0. The first-order chi connectivity index (χ1) is 5.20. The molecule has 0 radical (unpaired) electrons. The molecule has 0 saturated carbocycles. The number of aliphatic hydroxyl groups excluding tert-OH is 4. The molecule has 4 N–H and O–H groups in total. The van der Waals surface area contributed by atoms with Crippen LogP contribution in [-0.2, 0) is 0 Å². The molecule has 0 aliphatic carbocycles. The molecule has 6 heteroatoms. The van der Waals surface area contributed by atoms with Crippen molar-refractivity contribution in [1.82, 2.24) is 4.90 Å². The van der Waals surface area contributed by atoms with Crippen LogP contribution in [0.4, 0.5) is 0 Å². The minimum atomic E-state index is -1.17. The maximum Gasteiger partial charge on any atom is 0.264 e. The highest BCUT2D eigenvalue weighted by molar-refractivity contribution is 5.50. The Kier molecular flexibility index (Phi) is 2.40. The van der Waals surface area contributed by atoms with E-state index in [0.717, 1.165) is 9.48 Å². The predicted octanol–water partition coefficient (Wildman–Crippen LogP) is -3.12. The highest BCUT2D eigenvalue weighted by atomic mass is 16.4. The zero-order valence-electron chi connectivity index (χ0n) is 5.83. The standard InChI is InChI=1S/C5H11N2O4/c8-2-6-1-7(3-9)5(11)4(6)10/h1,4-5,8-11H,2-3H2/q+1. The van der Waals surface area contributed by atoms with E-state index in [-0.39, 0.29) is 0 Å². The summed E-state index contributed by atoms with van der Waals surface area (Å²) in [5.41, 5.74) is 0. The van der Waals surface area contributed by atoms with Gasteiger partial charge in [0.05, 0.1) is 0 Å². The number of rotatable bonds is 2. The van der Waals surface area contributed by atoms with Crippen LogP contribution in [0.25, 0.3) is 0 Å². The van der Waals surface area contributed by atoms with Gasteiger partial charge in [-0.05, 0) is 0 Å². The summed E-state index contributed by atoms with van der Waals surface area (Å²) in [5, 5.41) is 35.3. The fourth-order valence-corrected chi connectivity index (χ4v) is 0.910. The van der Waals surface area contributed by atoms with Crippen molar-refractivity contribution in [2.75, 3.05) is 13.5 Å². The molecule has 0 saturated heterocycles. The quantitative estimate of drug-likeness (QED) is 0.323. The smallest absolute Gasteiger partial charge is 0.264 e. The Balaban J connectivity index is 2.68. The van der Waals surface area contributed by atoms with Gasteiger partial charge < -0.3 is 20.4 Å². The normalized spacial score (nSPS) is 30.9. The zero-order chi connectivity index (χ0) is 8.43. The molecule has 1 aliphatic heterocycles. The second-order valence-corrected chi connectivity index (χ2v) is 2.25. The number of hydrogen-bond donors (Lipinski definition) is 4. The predicted molar refractivity (Wildman–Crippen MR) is 34.3 cm³/mol. The Labute approximate surface area is 63.2 Å². The van der Waals surface area contributed by atoms with Crippen LogP contribution in [0.1, 0.15) is 0 Å².